The molecule has 6 atom stereocenters. The minimum atomic E-state index is -1.39. The van der Waals surface area contributed by atoms with Crippen LogP contribution >= 0.6 is 0 Å². The van der Waals surface area contributed by atoms with Gasteiger partial charge in [-0.15, -0.1) is 6.58 Å². The zero-order valence-electron chi connectivity index (χ0n) is 30.8. The fraction of sp³-hybridized carbons (Fsp3) is 0.512. The van der Waals surface area contributed by atoms with Gasteiger partial charge in [0.25, 0.3) is 5.69 Å². The molecule has 0 aromatic heterocycles. The molecule has 1 saturated carbocycles. The van der Waals surface area contributed by atoms with Crippen molar-refractivity contribution in [1.82, 2.24) is 4.90 Å². The number of nitro groups is 1. The summed E-state index contributed by atoms with van der Waals surface area (Å²) in [5.41, 5.74) is 3.08. The number of aliphatic hydroxyl groups excluding tert-OH is 2. The van der Waals surface area contributed by atoms with Gasteiger partial charge in [0.2, 0.25) is 11.7 Å². The Bertz CT molecular complexity index is 1670. The molecule has 3 N–H and O–H groups in total. The number of aliphatic hydroxyl groups is 2. The van der Waals surface area contributed by atoms with E-state index in [4.69, 9.17) is 14.3 Å². The lowest BCUT2D eigenvalue weighted by Crippen LogP contribution is -2.70. The highest BCUT2D eigenvalue weighted by Gasteiger charge is 2.65. The Labute approximate surface area is 311 Å². The summed E-state index contributed by atoms with van der Waals surface area (Å²) in [6, 6.07) is 10.5. The van der Waals surface area contributed by atoms with E-state index in [0.717, 1.165) is 36.8 Å². The Morgan fingerprint density at radius 2 is 1.85 bits per heavy atom. The first kappa shape index (κ1) is 39.7. The van der Waals surface area contributed by atoms with Crippen LogP contribution in [0.5, 0.6) is 11.5 Å². The number of rotatable bonds is 19. The van der Waals surface area contributed by atoms with Crippen LogP contribution in [0.1, 0.15) is 82.3 Å². The summed E-state index contributed by atoms with van der Waals surface area (Å²) in [6.45, 7) is 8.87. The fourth-order valence-electron chi connectivity index (χ4n) is 8.43. The smallest absolute Gasteiger partial charge is 0.269 e. The lowest BCUT2D eigenvalue weighted by Gasteiger charge is -2.60. The molecule has 0 radical (unpaired) electrons. The van der Waals surface area contributed by atoms with Crippen LogP contribution in [0.25, 0.3) is 6.08 Å². The van der Waals surface area contributed by atoms with Gasteiger partial charge in [-0.05, 0) is 98.4 Å². The minimum Gasteiger partial charge on any atom is -0.508 e. The van der Waals surface area contributed by atoms with Crippen molar-refractivity contribution in [2.24, 2.45) is 22.9 Å². The molecule has 3 aliphatic rings. The molecule has 5 rings (SSSR count). The maximum absolute atomic E-state index is 14.4. The first-order valence-corrected chi connectivity index (χ1v) is 18.8. The average molecular weight is 732 g/mol. The van der Waals surface area contributed by atoms with Gasteiger partial charge in [0.1, 0.15) is 24.1 Å². The molecular formula is C41H53N3O9. The molecule has 53 heavy (non-hydrogen) atoms. The summed E-state index contributed by atoms with van der Waals surface area (Å²) in [4.78, 5) is 32.7. The number of nitro benzene ring substituents is 1. The van der Waals surface area contributed by atoms with Crippen LogP contribution in [0, 0.1) is 27.9 Å². The van der Waals surface area contributed by atoms with Crippen LogP contribution in [0.3, 0.4) is 0 Å². The van der Waals surface area contributed by atoms with Crippen molar-refractivity contribution in [3.05, 3.63) is 94.1 Å². The zero-order valence-corrected chi connectivity index (χ0v) is 30.8. The Balaban J connectivity index is 1.70. The van der Waals surface area contributed by atoms with Crippen LogP contribution in [-0.4, -0.2) is 81.6 Å². The first-order valence-electron chi connectivity index (χ1n) is 18.8. The summed E-state index contributed by atoms with van der Waals surface area (Å²) in [7, 11) is 0. The number of hydrogen-bond donors (Lipinski definition) is 3. The lowest BCUT2D eigenvalue weighted by molar-refractivity contribution is -0.384. The van der Waals surface area contributed by atoms with E-state index >= 15 is 0 Å². The van der Waals surface area contributed by atoms with Crippen molar-refractivity contribution in [3.63, 3.8) is 0 Å². The zero-order chi connectivity index (χ0) is 38.0. The first-order chi connectivity index (χ1) is 25.7. The summed E-state index contributed by atoms with van der Waals surface area (Å²) in [6.07, 6.45) is 12.5. The monoisotopic (exact) mass is 731 g/mol. The van der Waals surface area contributed by atoms with Crippen molar-refractivity contribution < 1.29 is 39.3 Å². The predicted molar refractivity (Wildman–Crippen MR) is 202 cm³/mol. The third-order valence-electron chi connectivity index (χ3n) is 10.6. The molecule has 0 saturated heterocycles. The second kappa shape index (κ2) is 18.5. The Kier molecular flexibility index (Phi) is 13.8. The molecule has 2 aliphatic carbocycles. The minimum absolute atomic E-state index is 0.0371. The second-order valence-corrected chi connectivity index (χ2v) is 13.9. The maximum atomic E-state index is 14.4. The number of unbranched alkanes of at least 4 members (excludes halogenated alkanes) is 2. The average Bonchev–Trinajstić information content (AvgIpc) is 3.16. The van der Waals surface area contributed by atoms with E-state index in [1.165, 1.54) is 18.2 Å². The van der Waals surface area contributed by atoms with Crippen molar-refractivity contribution >= 4 is 23.4 Å². The number of carbonyl (C=O) groups is 1. The topological polar surface area (TPSA) is 164 Å². The summed E-state index contributed by atoms with van der Waals surface area (Å²) < 4.78 is 14.0. The molecule has 2 aromatic rings. The lowest BCUT2D eigenvalue weighted by atomic mass is 9.55. The van der Waals surface area contributed by atoms with E-state index in [-0.39, 0.29) is 61.3 Å². The number of phenolic OH excluding ortho intramolecular Hbond substituents is 1. The SMILES string of the molecule is C=CCOC12Oc3ccc(O)cc3C3C(CCCCO)C(CCCCO)C=C(C(=NOCC)CC1N(CCC)C(=O)C=Cc1ccc([N+](=O)[O-])cc1)C32. The number of aromatic hydroxyl groups is 1. The van der Waals surface area contributed by atoms with E-state index in [0.29, 0.717) is 49.4 Å². The van der Waals surface area contributed by atoms with Crippen LogP contribution in [-0.2, 0) is 14.4 Å². The van der Waals surface area contributed by atoms with Gasteiger partial charge in [-0.3, -0.25) is 14.9 Å². The molecule has 2 aromatic carbocycles. The Morgan fingerprint density at radius 1 is 1.11 bits per heavy atom. The van der Waals surface area contributed by atoms with Gasteiger partial charge in [-0.25, -0.2) is 0 Å². The summed E-state index contributed by atoms with van der Waals surface area (Å²) >= 11 is 0. The van der Waals surface area contributed by atoms with Crippen molar-refractivity contribution in [2.45, 2.75) is 83.0 Å². The molecule has 12 heteroatoms. The number of carbonyl (C=O) groups excluding carboxylic acids is 1. The Morgan fingerprint density at radius 3 is 2.51 bits per heavy atom. The quantitative estimate of drug-likeness (QED) is 0.0458. The van der Waals surface area contributed by atoms with Crippen molar-refractivity contribution in [2.75, 3.05) is 33.0 Å². The summed E-state index contributed by atoms with van der Waals surface area (Å²) in [5, 5.41) is 46.2. The third kappa shape index (κ3) is 8.66. The van der Waals surface area contributed by atoms with E-state index in [2.05, 4.69) is 17.8 Å². The summed E-state index contributed by atoms with van der Waals surface area (Å²) in [5.74, 6) is -1.55. The van der Waals surface area contributed by atoms with E-state index in [1.807, 2.05) is 13.8 Å². The molecule has 12 nitrogen and oxygen atoms in total. The van der Waals surface area contributed by atoms with Crippen LogP contribution in [0.2, 0.25) is 0 Å². The van der Waals surface area contributed by atoms with Gasteiger partial charge >= 0.3 is 0 Å². The molecule has 1 aliphatic heterocycles. The van der Waals surface area contributed by atoms with Crippen molar-refractivity contribution in [3.8, 4) is 11.5 Å². The van der Waals surface area contributed by atoms with E-state index < -0.39 is 22.7 Å². The number of fused-ring (bicyclic) bond motifs is 2. The number of oxime groups is 1. The van der Waals surface area contributed by atoms with Gasteiger partial charge in [0.05, 0.1) is 23.2 Å². The van der Waals surface area contributed by atoms with Crippen LogP contribution in [0.4, 0.5) is 5.69 Å². The van der Waals surface area contributed by atoms with Gasteiger partial charge < -0.3 is 34.5 Å². The normalized spacial score (nSPS) is 25.2. The molecule has 6 unspecified atom stereocenters. The molecule has 1 heterocycles. The van der Waals surface area contributed by atoms with Gasteiger partial charge in [-0.1, -0.05) is 37.1 Å². The number of nitrogens with zero attached hydrogens (tertiary/aromatic N) is 3. The van der Waals surface area contributed by atoms with Gasteiger partial charge in [0, 0.05) is 55.9 Å². The highest BCUT2D eigenvalue weighted by molar-refractivity contribution is 6.03. The molecular weight excluding hydrogens is 678 g/mol. The number of hydrogen-bond acceptors (Lipinski definition) is 10. The standard InChI is InChI=1S/C41H53N3O9/c1-4-21-43(38(48)20-15-28-13-16-30(17-14-28)44(49)50)37-27-35(42-52-6-3)33-25-29(11-7-9-22-45)32(12-8-10-23-46)39-34-26-31(47)18-19-36(34)53-41(37,40(33)39)51-24-5-2/h5,13-20,25-26,29,32,37,39-40,45-47H,2,4,6-12,21-24,27H2,1,3H3. The second-order valence-electron chi connectivity index (χ2n) is 13.9. The van der Waals surface area contributed by atoms with Gasteiger partial charge in [0.15, 0.2) is 0 Å². The van der Waals surface area contributed by atoms with E-state index in [1.54, 1.807) is 47.4 Å². The number of allylic oxidation sites excluding steroid dienone is 1. The number of phenols is 1. The highest BCUT2D eigenvalue weighted by atomic mass is 16.7. The largest absolute Gasteiger partial charge is 0.508 e. The molecule has 1 fully saturated rings. The fourth-order valence-corrected chi connectivity index (χ4v) is 8.43. The van der Waals surface area contributed by atoms with Gasteiger partial charge in [-0.2, -0.15) is 0 Å². The maximum Gasteiger partial charge on any atom is 0.269 e. The molecule has 0 spiro atoms. The number of amides is 1. The predicted octanol–water partition coefficient (Wildman–Crippen LogP) is 6.91. The van der Waals surface area contributed by atoms with Crippen LogP contribution in [0.15, 0.2) is 78.0 Å². The number of non-ortho nitro benzene ring substituents is 1. The van der Waals surface area contributed by atoms with Crippen molar-refractivity contribution in [1.29, 1.82) is 0 Å². The number of ether oxygens (including phenoxy) is 2. The third-order valence-corrected chi connectivity index (χ3v) is 10.6. The molecule has 1 amide bonds. The molecule has 0 bridgehead atoms. The molecule has 286 valence electrons. The Hall–Kier alpha value is -4.52. The van der Waals surface area contributed by atoms with Crippen LogP contribution < -0.4 is 4.74 Å². The number of benzene rings is 2. The highest BCUT2D eigenvalue weighted by Crippen LogP contribution is 2.61. The van der Waals surface area contributed by atoms with E-state index in [9.17, 15) is 30.2 Å².